The van der Waals surface area contributed by atoms with E-state index in [0.717, 1.165) is 27.4 Å². The zero-order valence-corrected chi connectivity index (χ0v) is 11.4. The maximum atomic E-state index is 11.3. The number of hydrogen-bond donors (Lipinski definition) is 0. The van der Waals surface area contributed by atoms with Crippen LogP contribution in [-0.2, 0) is 0 Å². The second-order valence-corrected chi connectivity index (χ2v) is 6.24. The molecule has 0 atom stereocenters. The number of aryl methyl sites for hydroxylation is 1. The molecule has 0 amide bonds. The number of anilines is 1. The summed E-state index contributed by atoms with van der Waals surface area (Å²) in [6.45, 7) is 2.71. The smallest absolute Gasteiger partial charge is 0.274 e. The summed E-state index contributed by atoms with van der Waals surface area (Å²) >= 11 is 8.29. The number of thioether (sulfide) groups is 1. The fourth-order valence-corrected chi connectivity index (χ4v) is 3.93. The van der Waals surface area contributed by atoms with Crippen LogP contribution in [0.5, 0.6) is 0 Å². The van der Waals surface area contributed by atoms with Crippen LogP contribution in [0.25, 0.3) is 4.96 Å². The molecule has 2 aromatic heterocycles. The van der Waals surface area contributed by atoms with Gasteiger partial charge in [-0.3, -0.25) is 4.79 Å². The van der Waals surface area contributed by atoms with E-state index in [-0.39, 0.29) is 5.56 Å². The van der Waals surface area contributed by atoms with Gasteiger partial charge in [0.25, 0.3) is 5.56 Å². The molecule has 0 spiro atoms. The van der Waals surface area contributed by atoms with Crippen LogP contribution in [0, 0.1) is 6.92 Å². The highest BCUT2D eigenvalue weighted by Crippen LogP contribution is 2.29. The van der Waals surface area contributed by atoms with Gasteiger partial charge in [0, 0.05) is 24.1 Å². The lowest BCUT2D eigenvalue weighted by Crippen LogP contribution is -2.21. The minimum Gasteiger partial charge on any atom is -0.301 e. The van der Waals surface area contributed by atoms with Gasteiger partial charge in [0.1, 0.15) is 4.32 Å². The molecule has 0 bridgehead atoms. The molecule has 88 valence electrons. The summed E-state index contributed by atoms with van der Waals surface area (Å²) in [6.07, 6.45) is 0. The number of aromatic nitrogens is 3. The van der Waals surface area contributed by atoms with E-state index >= 15 is 0 Å². The number of nitrogens with zero attached hydrogens (tertiary/aromatic N) is 4. The molecule has 1 saturated heterocycles. The van der Waals surface area contributed by atoms with Crippen LogP contribution in [0.4, 0.5) is 5.13 Å². The molecule has 1 fully saturated rings. The highest BCUT2D eigenvalue weighted by molar-refractivity contribution is 8.23. The molecule has 0 radical (unpaired) electrons. The third-order valence-electron chi connectivity index (χ3n) is 2.41. The van der Waals surface area contributed by atoms with Gasteiger partial charge in [-0.1, -0.05) is 35.3 Å². The molecule has 5 nitrogen and oxygen atoms in total. The van der Waals surface area contributed by atoms with E-state index in [1.807, 2.05) is 11.8 Å². The second-order valence-electron chi connectivity index (χ2n) is 3.58. The van der Waals surface area contributed by atoms with Gasteiger partial charge in [-0.05, 0) is 6.92 Å². The third-order valence-corrected chi connectivity index (χ3v) is 4.77. The molecule has 2 aromatic rings. The van der Waals surface area contributed by atoms with Crippen molar-refractivity contribution in [2.75, 3.05) is 17.2 Å². The first-order chi connectivity index (χ1) is 8.15. The van der Waals surface area contributed by atoms with Crippen molar-refractivity contribution in [3.63, 3.8) is 0 Å². The Labute approximate surface area is 110 Å². The first-order valence-electron chi connectivity index (χ1n) is 4.97. The summed E-state index contributed by atoms with van der Waals surface area (Å²) in [6, 6.07) is 1.48. The average molecular weight is 284 g/mol. The van der Waals surface area contributed by atoms with Crippen molar-refractivity contribution in [2.45, 2.75) is 6.92 Å². The first kappa shape index (κ1) is 11.1. The number of fused-ring (bicyclic) bond motifs is 1. The van der Waals surface area contributed by atoms with Gasteiger partial charge in [-0.15, -0.1) is 5.10 Å². The molecule has 1 aliphatic heterocycles. The van der Waals surface area contributed by atoms with Crippen molar-refractivity contribution in [3.05, 3.63) is 22.1 Å². The molecule has 0 saturated carbocycles. The Kier molecular flexibility index (Phi) is 2.64. The van der Waals surface area contributed by atoms with E-state index < -0.39 is 0 Å². The molecule has 8 heteroatoms. The largest absolute Gasteiger partial charge is 0.301 e. The SMILES string of the molecule is Cc1cc(=O)nc2sc(N3CCSC3=S)nn12. The van der Waals surface area contributed by atoms with Gasteiger partial charge in [-0.2, -0.15) is 4.98 Å². The lowest BCUT2D eigenvalue weighted by atomic mass is 10.5. The highest BCUT2D eigenvalue weighted by Gasteiger charge is 2.23. The first-order valence-corrected chi connectivity index (χ1v) is 7.18. The van der Waals surface area contributed by atoms with Crippen LogP contribution in [0.3, 0.4) is 0 Å². The van der Waals surface area contributed by atoms with Crippen molar-refractivity contribution in [1.29, 1.82) is 0 Å². The Morgan fingerprint density at radius 3 is 3.06 bits per heavy atom. The Morgan fingerprint density at radius 2 is 2.35 bits per heavy atom. The predicted octanol–water partition coefficient (Wildman–Crippen LogP) is 1.30. The standard InChI is InChI=1S/C9H8N4OS3/c1-5-4-6(14)10-7-13(5)11-8(17-7)12-2-3-16-9(12)15/h4H,2-3H2,1H3. The molecule has 0 N–H and O–H groups in total. The fourth-order valence-electron chi connectivity index (χ4n) is 1.62. The minimum absolute atomic E-state index is 0.226. The van der Waals surface area contributed by atoms with Crippen LogP contribution >= 0.6 is 35.3 Å². The van der Waals surface area contributed by atoms with Crippen molar-refractivity contribution in [1.82, 2.24) is 14.6 Å². The average Bonchev–Trinajstić information content (AvgIpc) is 2.83. The monoisotopic (exact) mass is 284 g/mol. The predicted molar refractivity (Wildman–Crippen MR) is 74.3 cm³/mol. The summed E-state index contributed by atoms with van der Waals surface area (Å²) in [5.41, 5.74) is 0.566. The van der Waals surface area contributed by atoms with Crippen LogP contribution in [0.1, 0.15) is 5.69 Å². The van der Waals surface area contributed by atoms with Crippen molar-refractivity contribution < 1.29 is 0 Å². The Bertz CT molecular complexity index is 662. The van der Waals surface area contributed by atoms with Crippen LogP contribution in [0.15, 0.2) is 10.9 Å². The zero-order valence-electron chi connectivity index (χ0n) is 8.91. The van der Waals surface area contributed by atoms with Crippen molar-refractivity contribution >= 4 is 49.7 Å². The molecule has 17 heavy (non-hydrogen) atoms. The van der Waals surface area contributed by atoms with Gasteiger partial charge < -0.3 is 4.90 Å². The third kappa shape index (κ3) is 1.85. The van der Waals surface area contributed by atoms with Gasteiger partial charge >= 0.3 is 0 Å². The molecular formula is C9H8N4OS3. The molecule has 3 heterocycles. The van der Waals surface area contributed by atoms with E-state index in [0.29, 0.717) is 4.96 Å². The second kappa shape index (κ2) is 4.04. The quantitative estimate of drug-likeness (QED) is 0.736. The number of rotatable bonds is 1. The molecule has 0 aromatic carbocycles. The molecule has 0 aliphatic carbocycles. The molecular weight excluding hydrogens is 276 g/mol. The van der Waals surface area contributed by atoms with Gasteiger partial charge in [-0.25, -0.2) is 4.52 Å². The highest BCUT2D eigenvalue weighted by atomic mass is 32.2. The van der Waals surface area contributed by atoms with Gasteiger partial charge in [0.05, 0.1) is 0 Å². The van der Waals surface area contributed by atoms with Gasteiger partial charge in [0.15, 0.2) is 0 Å². The van der Waals surface area contributed by atoms with E-state index in [1.54, 1.807) is 16.3 Å². The van der Waals surface area contributed by atoms with Crippen LogP contribution in [-0.4, -0.2) is 31.2 Å². The Morgan fingerprint density at radius 1 is 1.53 bits per heavy atom. The minimum atomic E-state index is -0.226. The lowest BCUT2D eigenvalue weighted by Gasteiger charge is -2.10. The maximum Gasteiger partial charge on any atom is 0.274 e. The summed E-state index contributed by atoms with van der Waals surface area (Å²) in [4.78, 5) is 17.9. The van der Waals surface area contributed by atoms with E-state index in [4.69, 9.17) is 12.2 Å². The van der Waals surface area contributed by atoms with Crippen LogP contribution in [0.2, 0.25) is 0 Å². The molecule has 0 unspecified atom stereocenters. The zero-order chi connectivity index (χ0) is 12.0. The Balaban J connectivity index is 2.16. The summed E-state index contributed by atoms with van der Waals surface area (Å²) in [5.74, 6) is 0.985. The van der Waals surface area contributed by atoms with Gasteiger partial charge in [0.2, 0.25) is 10.1 Å². The van der Waals surface area contributed by atoms with Crippen molar-refractivity contribution in [2.24, 2.45) is 0 Å². The van der Waals surface area contributed by atoms with E-state index in [2.05, 4.69) is 10.1 Å². The van der Waals surface area contributed by atoms with E-state index in [1.165, 1.54) is 17.4 Å². The molecule has 3 rings (SSSR count). The number of thiocarbonyl (C=S) groups is 1. The normalized spacial score (nSPS) is 16.1. The van der Waals surface area contributed by atoms with Crippen molar-refractivity contribution in [3.8, 4) is 0 Å². The summed E-state index contributed by atoms with van der Waals surface area (Å²) < 4.78 is 2.53. The van der Waals surface area contributed by atoms with E-state index in [9.17, 15) is 4.79 Å². The number of hydrogen-bond acceptors (Lipinski definition) is 6. The lowest BCUT2D eigenvalue weighted by molar-refractivity contribution is 0.876. The Hall–Kier alpha value is -0.990. The molecule has 1 aliphatic rings. The van der Waals surface area contributed by atoms with Crippen LogP contribution < -0.4 is 10.5 Å². The maximum absolute atomic E-state index is 11.3. The summed E-state index contributed by atoms with van der Waals surface area (Å²) in [5, 5.41) is 5.25. The summed E-state index contributed by atoms with van der Waals surface area (Å²) in [7, 11) is 0. The topological polar surface area (TPSA) is 50.5 Å². The fraction of sp³-hybridized carbons (Fsp3) is 0.333.